The van der Waals surface area contributed by atoms with Crippen LogP contribution in [0.4, 0.5) is 0 Å². The van der Waals surface area contributed by atoms with Crippen molar-refractivity contribution in [3.05, 3.63) is 24.3 Å². The van der Waals surface area contributed by atoms with E-state index in [-0.39, 0.29) is 5.97 Å². The zero-order valence-corrected chi connectivity index (χ0v) is 13.7. The minimum atomic E-state index is -0.184. The molecule has 4 nitrogen and oxygen atoms in total. The summed E-state index contributed by atoms with van der Waals surface area (Å²) < 4.78 is 11.0. The van der Waals surface area contributed by atoms with E-state index in [0.717, 1.165) is 25.2 Å². The standard InChI is InChI=1S/C18H27NO3/c1-3-6-18(20)22-17-10-8-16(9-11-17)21-14-12-15-7-4-5-13-19(15)2/h8-11,15H,3-7,12-14H2,1-2H3. The summed E-state index contributed by atoms with van der Waals surface area (Å²) in [5.41, 5.74) is 0. The lowest BCUT2D eigenvalue weighted by atomic mass is 10.0. The van der Waals surface area contributed by atoms with Gasteiger partial charge in [0.1, 0.15) is 11.5 Å². The van der Waals surface area contributed by atoms with Gasteiger partial charge in [-0.3, -0.25) is 4.79 Å². The van der Waals surface area contributed by atoms with Crippen LogP contribution in [-0.4, -0.2) is 37.1 Å². The van der Waals surface area contributed by atoms with Gasteiger partial charge in [-0.2, -0.15) is 0 Å². The number of hydrogen-bond acceptors (Lipinski definition) is 4. The number of likely N-dealkylation sites (tertiary alicyclic amines) is 1. The number of piperidine rings is 1. The summed E-state index contributed by atoms with van der Waals surface area (Å²) >= 11 is 0. The van der Waals surface area contributed by atoms with E-state index >= 15 is 0 Å². The third-order valence-electron chi connectivity index (χ3n) is 4.15. The molecule has 1 unspecified atom stereocenters. The molecule has 22 heavy (non-hydrogen) atoms. The van der Waals surface area contributed by atoms with Crippen molar-refractivity contribution in [3.63, 3.8) is 0 Å². The summed E-state index contributed by atoms with van der Waals surface area (Å²) in [6.07, 6.45) is 6.22. The molecule has 0 spiro atoms. The number of esters is 1. The van der Waals surface area contributed by atoms with Crippen LogP contribution in [-0.2, 0) is 4.79 Å². The number of carbonyl (C=O) groups excluding carboxylic acids is 1. The highest BCUT2D eigenvalue weighted by Crippen LogP contribution is 2.20. The first-order valence-electron chi connectivity index (χ1n) is 8.33. The van der Waals surface area contributed by atoms with Gasteiger partial charge in [0.25, 0.3) is 0 Å². The Balaban J connectivity index is 1.73. The van der Waals surface area contributed by atoms with Gasteiger partial charge in [-0.1, -0.05) is 13.3 Å². The smallest absolute Gasteiger partial charge is 0.311 e. The van der Waals surface area contributed by atoms with Crippen LogP contribution in [0.25, 0.3) is 0 Å². The Bertz CT molecular complexity index is 458. The zero-order valence-electron chi connectivity index (χ0n) is 13.7. The summed E-state index contributed by atoms with van der Waals surface area (Å²) in [4.78, 5) is 13.9. The number of carbonyl (C=O) groups is 1. The van der Waals surface area contributed by atoms with Crippen LogP contribution in [0.2, 0.25) is 0 Å². The van der Waals surface area contributed by atoms with Crippen molar-refractivity contribution in [2.75, 3.05) is 20.2 Å². The zero-order chi connectivity index (χ0) is 15.8. The van der Waals surface area contributed by atoms with Gasteiger partial charge in [0, 0.05) is 12.5 Å². The maximum absolute atomic E-state index is 11.4. The van der Waals surface area contributed by atoms with E-state index in [9.17, 15) is 4.79 Å². The Morgan fingerprint density at radius 1 is 1.23 bits per heavy atom. The van der Waals surface area contributed by atoms with Gasteiger partial charge < -0.3 is 14.4 Å². The number of nitrogens with zero attached hydrogens (tertiary/aromatic N) is 1. The van der Waals surface area contributed by atoms with E-state index < -0.39 is 0 Å². The third-order valence-corrected chi connectivity index (χ3v) is 4.15. The first-order chi connectivity index (χ1) is 10.7. The van der Waals surface area contributed by atoms with Gasteiger partial charge in [-0.05, 0) is 63.5 Å². The summed E-state index contributed by atoms with van der Waals surface area (Å²) in [6.45, 7) is 3.88. The molecule has 0 amide bonds. The van der Waals surface area contributed by atoms with Crippen LogP contribution >= 0.6 is 0 Å². The summed E-state index contributed by atoms with van der Waals surface area (Å²) in [5, 5.41) is 0. The molecule has 0 bridgehead atoms. The van der Waals surface area contributed by atoms with Crippen molar-refractivity contribution >= 4 is 5.97 Å². The van der Waals surface area contributed by atoms with Gasteiger partial charge in [0.2, 0.25) is 0 Å². The minimum Gasteiger partial charge on any atom is -0.494 e. The molecule has 0 N–H and O–H groups in total. The average Bonchev–Trinajstić information content (AvgIpc) is 2.51. The van der Waals surface area contributed by atoms with Crippen molar-refractivity contribution < 1.29 is 14.3 Å². The van der Waals surface area contributed by atoms with Crippen LogP contribution in [0.1, 0.15) is 45.4 Å². The quantitative estimate of drug-likeness (QED) is 0.569. The Morgan fingerprint density at radius 3 is 2.64 bits per heavy atom. The minimum absolute atomic E-state index is 0.184. The van der Waals surface area contributed by atoms with E-state index in [1.165, 1.54) is 25.8 Å². The summed E-state index contributed by atoms with van der Waals surface area (Å²) in [5.74, 6) is 1.23. The molecule has 1 aromatic carbocycles. The predicted molar refractivity (Wildman–Crippen MR) is 87.4 cm³/mol. The highest BCUT2D eigenvalue weighted by Gasteiger charge is 2.18. The molecule has 122 valence electrons. The average molecular weight is 305 g/mol. The van der Waals surface area contributed by atoms with E-state index in [1.807, 2.05) is 19.1 Å². The SMILES string of the molecule is CCCC(=O)Oc1ccc(OCCC2CCCCN2C)cc1. The van der Waals surface area contributed by atoms with Gasteiger partial charge in [-0.15, -0.1) is 0 Å². The Morgan fingerprint density at radius 2 is 1.95 bits per heavy atom. The molecular formula is C18H27NO3. The van der Waals surface area contributed by atoms with Crippen molar-refractivity contribution in [3.8, 4) is 11.5 Å². The molecule has 2 rings (SSSR count). The van der Waals surface area contributed by atoms with Gasteiger partial charge in [0.05, 0.1) is 6.61 Å². The molecule has 1 fully saturated rings. The van der Waals surface area contributed by atoms with Crippen LogP contribution < -0.4 is 9.47 Å². The predicted octanol–water partition coefficient (Wildman–Crippen LogP) is 3.65. The van der Waals surface area contributed by atoms with Gasteiger partial charge in [-0.25, -0.2) is 0 Å². The Hall–Kier alpha value is -1.55. The molecule has 4 heteroatoms. The second-order valence-corrected chi connectivity index (χ2v) is 5.96. The van der Waals surface area contributed by atoms with Crippen LogP contribution in [0.5, 0.6) is 11.5 Å². The fourth-order valence-electron chi connectivity index (χ4n) is 2.81. The molecule has 1 atom stereocenters. The summed E-state index contributed by atoms with van der Waals surface area (Å²) in [7, 11) is 2.20. The number of hydrogen-bond donors (Lipinski definition) is 0. The third kappa shape index (κ3) is 5.34. The van der Waals surface area contributed by atoms with Crippen molar-refractivity contribution in [1.82, 2.24) is 4.90 Å². The highest BCUT2D eigenvalue weighted by molar-refractivity contribution is 5.72. The Labute approximate surface area is 133 Å². The molecule has 1 heterocycles. The van der Waals surface area contributed by atoms with Crippen LogP contribution in [0.3, 0.4) is 0 Å². The van der Waals surface area contributed by atoms with Gasteiger partial charge >= 0.3 is 5.97 Å². The topological polar surface area (TPSA) is 38.8 Å². The maximum Gasteiger partial charge on any atom is 0.311 e. The lowest BCUT2D eigenvalue weighted by molar-refractivity contribution is -0.134. The van der Waals surface area contributed by atoms with E-state index in [4.69, 9.17) is 9.47 Å². The van der Waals surface area contributed by atoms with Crippen LogP contribution in [0, 0.1) is 0 Å². The number of ether oxygens (including phenoxy) is 2. The molecule has 0 aliphatic carbocycles. The van der Waals surface area contributed by atoms with E-state index in [1.54, 1.807) is 12.1 Å². The molecule has 1 aliphatic rings. The number of benzene rings is 1. The molecule has 0 radical (unpaired) electrons. The fourth-order valence-corrected chi connectivity index (χ4v) is 2.81. The second-order valence-electron chi connectivity index (χ2n) is 5.96. The monoisotopic (exact) mass is 305 g/mol. The van der Waals surface area contributed by atoms with Gasteiger partial charge in [0.15, 0.2) is 0 Å². The first kappa shape index (κ1) is 16.8. The largest absolute Gasteiger partial charge is 0.494 e. The van der Waals surface area contributed by atoms with E-state index in [0.29, 0.717) is 18.2 Å². The van der Waals surface area contributed by atoms with Crippen molar-refractivity contribution in [2.45, 2.75) is 51.5 Å². The molecule has 1 aromatic rings. The highest BCUT2D eigenvalue weighted by atomic mass is 16.5. The molecule has 0 saturated carbocycles. The summed E-state index contributed by atoms with van der Waals surface area (Å²) in [6, 6.07) is 7.94. The maximum atomic E-state index is 11.4. The second kappa shape index (κ2) is 8.79. The normalized spacial score (nSPS) is 18.9. The Kier molecular flexibility index (Phi) is 6.72. The lowest BCUT2D eigenvalue weighted by Gasteiger charge is -2.32. The molecule has 1 saturated heterocycles. The van der Waals surface area contributed by atoms with Crippen LogP contribution in [0.15, 0.2) is 24.3 Å². The number of rotatable bonds is 7. The molecule has 1 aliphatic heterocycles. The fraction of sp³-hybridized carbons (Fsp3) is 0.611. The van der Waals surface area contributed by atoms with Crippen molar-refractivity contribution in [2.24, 2.45) is 0 Å². The molecule has 0 aromatic heterocycles. The van der Waals surface area contributed by atoms with Crippen molar-refractivity contribution in [1.29, 1.82) is 0 Å². The molecular weight excluding hydrogens is 278 g/mol. The lowest BCUT2D eigenvalue weighted by Crippen LogP contribution is -2.37. The van der Waals surface area contributed by atoms with E-state index in [2.05, 4.69) is 11.9 Å². The first-order valence-corrected chi connectivity index (χ1v) is 8.33.